The number of rotatable bonds is 9. The van der Waals surface area contributed by atoms with E-state index >= 15 is 0 Å². The molecular formula is C26H31FN4O3S. The molecular weight excluding hydrogens is 467 g/mol. The standard InChI is InChI=1S/C26H31FN4O3S/c1-18-15-23(32)24(25(33)29-19(2)26-28-7-14-35-26)22(17-20-5-3-6-21(27)16-20)31(18)9-4-8-30-10-12-34-13-11-30/h3,5-7,14-16,19H,4,8-13,17H2,1-2H3,(H,29,33)/t19-/m0/s1. The van der Waals surface area contributed by atoms with Gasteiger partial charge in [-0.25, -0.2) is 9.37 Å². The number of thiazole rings is 1. The number of carbonyl (C=O) groups is 1. The molecule has 7 nitrogen and oxygen atoms in total. The summed E-state index contributed by atoms with van der Waals surface area (Å²) in [4.78, 5) is 33.1. The minimum Gasteiger partial charge on any atom is -0.379 e. The van der Waals surface area contributed by atoms with E-state index in [4.69, 9.17) is 4.74 Å². The molecule has 1 aliphatic rings. The van der Waals surface area contributed by atoms with Gasteiger partial charge in [0.25, 0.3) is 5.91 Å². The van der Waals surface area contributed by atoms with Gasteiger partial charge in [-0.3, -0.25) is 14.5 Å². The second kappa shape index (κ2) is 11.7. The SMILES string of the molecule is Cc1cc(=O)c(C(=O)N[C@@H](C)c2nccs2)c(Cc2cccc(F)c2)n1CCCN1CCOCC1. The molecule has 1 amide bonds. The fourth-order valence-corrected chi connectivity index (χ4v) is 5.11. The molecule has 1 aromatic carbocycles. The summed E-state index contributed by atoms with van der Waals surface area (Å²) in [6.07, 6.45) is 2.82. The lowest BCUT2D eigenvalue weighted by Gasteiger charge is -2.27. The van der Waals surface area contributed by atoms with Gasteiger partial charge in [0.2, 0.25) is 0 Å². The summed E-state index contributed by atoms with van der Waals surface area (Å²) in [5.41, 5.74) is 1.87. The Morgan fingerprint density at radius 2 is 2.06 bits per heavy atom. The first-order valence-electron chi connectivity index (χ1n) is 11.9. The minimum absolute atomic E-state index is 0.106. The number of nitrogens with one attached hydrogen (secondary N) is 1. The molecule has 0 saturated carbocycles. The summed E-state index contributed by atoms with van der Waals surface area (Å²) < 4.78 is 21.4. The van der Waals surface area contributed by atoms with E-state index < -0.39 is 5.91 Å². The van der Waals surface area contributed by atoms with E-state index in [0.29, 0.717) is 17.8 Å². The summed E-state index contributed by atoms with van der Waals surface area (Å²) >= 11 is 1.45. The molecule has 0 unspecified atom stereocenters. The van der Waals surface area contributed by atoms with Gasteiger partial charge >= 0.3 is 0 Å². The van der Waals surface area contributed by atoms with Crippen molar-refractivity contribution in [2.24, 2.45) is 0 Å². The van der Waals surface area contributed by atoms with Gasteiger partial charge in [-0.15, -0.1) is 11.3 Å². The Morgan fingerprint density at radius 1 is 1.26 bits per heavy atom. The number of benzene rings is 1. The van der Waals surface area contributed by atoms with Gasteiger partial charge < -0.3 is 14.6 Å². The van der Waals surface area contributed by atoms with Crippen molar-refractivity contribution in [3.63, 3.8) is 0 Å². The zero-order valence-corrected chi connectivity index (χ0v) is 20.9. The molecule has 4 rings (SSSR count). The molecule has 186 valence electrons. The Hall–Kier alpha value is -2.88. The first-order chi connectivity index (χ1) is 16.9. The maximum atomic E-state index is 14.0. The lowest BCUT2D eigenvalue weighted by Crippen LogP contribution is -2.37. The highest BCUT2D eigenvalue weighted by molar-refractivity contribution is 7.09. The van der Waals surface area contributed by atoms with Crippen molar-refractivity contribution in [2.75, 3.05) is 32.8 Å². The molecule has 1 N–H and O–H groups in total. The summed E-state index contributed by atoms with van der Waals surface area (Å²) in [6.45, 7) is 8.56. The second-order valence-electron chi connectivity index (χ2n) is 8.80. The average Bonchev–Trinajstić information content (AvgIpc) is 3.37. The number of pyridine rings is 1. The Bertz CT molecular complexity index is 1210. The third-order valence-corrected chi connectivity index (χ3v) is 7.20. The average molecular weight is 499 g/mol. The molecule has 1 saturated heterocycles. The Kier molecular flexibility index (Phi) is 8.43. The number of hydrogen-bond donors (Lipinski definition) is 1. The van der Waals surface area contributed by atoms with Crippen molar-refractivity contribution in [2.45, 2.75) is 39.3 Å². The molecule has 35 heavy (non-hydrogen) atoms. The Balaban J connectivity index is 1.65. The van der Waals surface area contributed by atoms with Crippen LogP contribution in [0.2, 0.25) is 0 Å². The van der Waals surface area contributed by atoms with E-state index in [9.17, 15) is 14.0 Å². The van der Waals surface area contributed by atoms with Crippen LogP contribution < -0.4 is 10.7 Å². The Labute approximate surface area is 208 Å². The van der Waals surface area contributed by atoms with Gasteiger partial charge in [-0.2, -0.15) is 0 Å². The third-order valence-electron chi connectivity index (χ3n) is 6.24. The molecule has 0 bridgehead atoms. The van der Waals surface area contributed by atoms with E-state index in [0.717, 1.165) is 50.0 Å². The normalized spacial score (nSPS) is 15.2. The lowest BCUT2D eigenvalue weighted by atomic mass is 10.0. The highest BCUT2D eigenvalue weighted by Crippen LogP contribution is 2.19. The number of aryl methyl sites for hydroxylation is 1. The number of aromatic nitrogens is 2. The summed E-state index contributed by atoms with van der Waals surface area (Å²) in [5.74, 6) is -0.786. The minimum atomic E-state index is -0.439. The van der Waals surface area contributed by atoms with Crippen molar-refractivity contribution in [3.05, 3.63) is 85.5 Å². The lowest BCUT2D eigenvalue weighted by molar-refractivity contribution is 0.0369. The van der Waals surface area contributed by atoms with Crippen LogP contribution in [0.3, 0.4) is 0 Å². The van der Waals surface area contributed by atoms with Crippen molar-refractivity contribution in [1.82, 2.24) is 19.8 Å². The molecule has 1 aliphatic heterocycles. The fraction of sp³-hybridized carbons (Fsp3) is 0.423. The van der Waals surface area contributed by atoms with Crippen LogP contribution in [0.1, 0.15) is 51.7 Å². The second-order valence-corrected chi connectivity index (χ2v) is 9.73. The molecule has 1 fully saturated rings. The number of morpholine rings is 1. The summed E-state index contributed by atoms with van der Waals surface area (Å²) in [6, 6.07) is 7.48. The van der Waals surface area contributed by atoms with Crippen LogP contribution in [-0.4, -0.2) is 53.2 Å². The molecule has 0 aliphatic carbocycles. The van der Waals surface area contributed by atoms with Crippen molar-refractivity contribution in [1.29, 1.82) is 0 Å². The molecule has 0 spiro atoms. The molecule has 1 atom stereocenters. The molecule has 2 aromatic heterocycles. The number of halogens is 1. The summed E-state index contributed by atoms with van der Waals surface area (Å²) in [7, 11) is 0. The van der Waals surface area contributed by atoms with E-state index in [1.54, 1.807) is 12.3 Å². The largest absolute Gasteiger partial charge is 0.379 e. The topological polar surface area (TPSA) is 76.5 Å². The fourth-order valence-electron chi connectivity index (χ4n) is 4.46. The van der Waals surface area contributed by atoms with Crippen molar-refractivity contribution in [3.8, 4) is 0 Å². The number of hydrogen-bond acceptors (Lipinski definition) is 6. The summed E-state index contributed by atoms with van der Waals surface area (Å²) in [5, 5.41) is 5.55. The van der Waals surface area contributed by atoms with Crippen LogP contribution in [0.15, 0.2) is 46.7 Å². The van der Waals surface area contributed by atoms with Gasteiger partial charge in [0.1, 0.15) is 16.4 Å². The number of amides is 1. The first kappa shape index (κ1) is 25.2. The Morgan fingerprint density at radius 3 is 2.77 bits per heavy atom. The maximum absolute atomic E-state index is 14.0. The van der Waals surface area contributed by atoms with Gasteiger partial charge in [-0.1, -0.05) is 12.1 Å². The molecule has 3 aromatic rings. The van der Waals surface area contributed by atoms with Crippen LogP contribution in [0, 0.1) is 12.7 Å². The van der Waals surface area contributed by atoms with Crippen LogP contribution in [0.25, 0.3) is 0 Å². The van der Waals surface area contributed by atoms with Crippen molar-refractivity contribution >= 4 is 17.2 Å². The highest BCUT2D eigenvalue weighted by Gasteiger charge is 2.23. The van der Waals surface area contributed by atoms with E-state index in [-0.39, 0.29) is 29.3 Å². The van der Waals surface area contributed by atoms with Gasteiger partial charge in [0, 0.05) is 61.6 Å². The molecule has 3 heterocycles. The quantitative estimate of drug-likeness (QED) is 0.488. The number of nitrogens with zero attached hydrogens (tertiary/aromatic N) is 3. The maximum Gasteiger partial charge on any atom is 0.257 e. The third kappa shape index (κ3) is 6.42. The predicted molar refractivity (Wildman–Crippen MR) is 135 cm³/mol. The first-order valence-corrected chi connectivity index (χ1v) is 12.8. The van der Waals surface area contributed by atoms with Gasteiger partial charge in [-0.05, 0) is 38.0 Å². The highest BCUT2D eigenvalue weighted by atomic mass is 32.1. The van der Waals surface area contributed by atoms with E-state index in [1.165, 1.54) is 29.5 Å². The van der Waals surface area contributed by atoms with Gasteiger partial charge in [0.15, 0.2) is 5.43 Å². The zero-order valence-electron chi connectivity index (χ0n) is 20.1. The van der Waals surface area contributed by atoms with Crippen LogP contribution in [-0.2, 0) is 17.7 Å². The smallest absolute Gasteiger partial charge is 0.257 e. The van der Waals surface area contributed by atoms with Crippen molar-refractivity contribution < 1.29 is 13.9 Å². The number of ether oxygens (including phenoxy) is 1. The van der Waals surface area contributed by atoms with Crippen LogP contribution >= 0.6 is 11.3 Å². The molecule has 9 heteroatoms. The number of carbonyl (C=O) groups excluding carboxylic acids is 1. The predicted octanol–water partition coefficient (Wildman–Crippen LogP) is 3.56. The van der Waals surface area contributed by atoms with Crippen LogP contribution in [0.4, 0.5) is 4.39 Å². The van der Waals surface area contributed by atoms with E-state index in [1.807, 2.05) is 29.9 Å². The monoisotopic (exact) mass is 498 g/mol. The van der Waals surface area contributed by atoms with E-state index in [2.05, 4.69) is 15.2 Å². The zero-order chi connectivity index (χ0) is 24.8. The van der Waals surface area contributed by atoms with Gasteiger partial charge in [0.05, 0.1) is 19.3 Å². The molecule has 0 radical (unpaired) electrons. The van der Waals surface area contributed by atoms with Crippen LogP contribution in [0.5, 0.6) is 0 Å².